The van der Waals surface area contributed by atoms with E-state index in [4.69, 9.17) is 11.6 Å². The number of hydrogen-bond donors (Lipinski definition) is 0. The Hall–Kier alpha value is -2.06. The van der Waals surface area contributed by atoms with Crippen LogP contribution in [0, 0.1) is 0 Å². The Balaban J connectivity index is 1.99. The quantitative estimate of drug-likeness (QED) is 0.605. The van der Waals surface area contributed by atoms with Gasteiger partial charge in [-0.1, -0.05) is 29.8 Å². The van der Waals surface area contributed by atoms with Crippen molar-refractivity contribution >= 4 is 34.4 Å². The second-order valence-electron chi connectivity index (χ2n) is 4.45. The molecule has 2 aromatic carbocycles. The van der Waals surface area contributed by atoms with E-state index in [1.54, 1.807) is 0 Å². The molecule has 2 nitrogen and oxygen atoms in total. The highest BCUT2D eigenvalue weighted by molar-refractivity contribution is 6.30. The summed E-state index contributed by atoms with van der Waals surface area (Å²) in [5.74, 6) is 0. The highest BCUT2D eigenvalue weighted by atomic mass is 35.5. The van der Waals surface area contributed by atoms with Gasteiger partial charge in [-0.25, -0.2) is 0 Å². The zero-order valence-corrected chi connectivity index (χ0v) is 11.3. The molecule has 0 spiro atoms. The highest BCUT2D eigenvalue weighted by Crippen LogP contribution is 2.20. The molecule has 1 aromatic heterocycles. The normalized spacial score (nSPS) is 11.5. The lowest BCUT2D eigenvalue weighted by Gasteiger charge is -1.94. The number of rotatable bonds is 2. The molecule has 0 N–H and O–H groups in total. The largest absolute Gasteiger partial charge is 0.350 e. The molecule has 0 bridgehead atoms. The average Bonchev–Trinajstić information content (AvgIpc) is 2.76. The van der Waals surface area contributed by atoms with E-state index in [-0.39, 0.29) is 0 Å². The van der Waals surface area contributed by atoms with Crippen molar-refractivity contribution in [1.29, 1.82) is 0 Å². The van der Waals surface area contributed by atoms with Gasteiger partial charge in [-0.05, 0) is 30.3 Å². The van der Waals surface area contributed by atoms with Gasteiger partial charge in [0.25, 0.3) is 0 Å². The first-order chi connectivity index (χ1) is 9.24. The van der Waals surface area contributed by atoms with Crippen molar-refractivity contribution in [1.82, 2.24) is 4.57 Å². The molecule has 0 atom stereocenters. The summed E-state index contributed by atoms with van der Waals surface area (Å²) >= 11 is 5.86. The maximum Gasteiger partial charge on any atom is 0.0630 e. The second-order valence-corrected chi connectivity index (χ2v) is 4.88. The molecule has 0 unspecified atom stereocenters. The van der Waals surface area contributed by atoms with Gasteiger partial charge in [0.1, 0.15) is 0 Å². The van der Waals surface area contributed by atoms with E-state index in [1.807, 2.05) is 49.7 Å². The maximum atomic E-state index is 5.86. The maximum absolute atomic E-state index is 5.86. The molecule has 3 aromatic rings. The zero-order valence-electron chi connectivity index (χ0n) is 10.5. The van der Waals surface area contributed by atoms with Crippen LogP contribution in [-0.2, 0) is 7.05 Å². The molecule has 3 rings (SSSR count). The molecular weight excluding hydrogens is 256 g/mol. The lowest BCUT2D eigenvalue weighted by Crippen LogP contribution is -1.82. The minimum Gasteiger partial charge on any atom is -0.350 e. The summed E-state index contributed by atoms with van der Waals surface area (Å²) in [6, 6.07) is 15.8. The molecule has 0 aliphatic carbocycles. The third-order valence-corrected chi connectivity index (χ3v) is 3.36. The van der Waals surface area contributed by atoms with E-state index in [0.29, 0.717) is 0 Å². The van der Waals surface area contributed by atoms with E-state index in [0.717, 1.165) is 16.3 Å². The third-order valence-electron chi connectivity index (χ3n) is 3.11. The molecule has 0 saturated heterocycles. The summed E-state index contributed by atoms with van der Waals surface area (Å²) in [5, 5.41) is 1.94. The third kappa shape index (κ3) is 2.40. The Bertz CT molecular complexity index is 739. The van der Waals surface area contributed by atoms with Gasteiger partial charge in [0, 0.05) is 40.9 Å². The first kappa shape index (κ1) is 12.0. The molecule has 0 aliphatic rings. The van der Waals surface area contributed by atoms with Crippen molar-refractivity contribution in [3.63, 3.8) is 0 Å². The topological polar surface area (TPSA) is 17.3 Å². The van der Waals surface area contributed by atoms with Gasteiger partial charge in [0.05, 0.1) is 5.69 Å². The summed E-state index contributed by atoms with van der Waals surface area (Å²) in [6.07, 6.45) is 3.98. The van der Waals surface area contributed by atoms with Gasteiger partial charge < -0.3 is 4.57 Å². The number of aliphatic imine (C=N–C) groups is 1. The number of benzene rings is 2. The van der Waals surface area contributed by atoms with Crippen LogP contribution < -0.4 is 0 Å². The molecule has 0 aliphatic heterocycles. The number of halogens is 1. The van der Waals surface area contributed by atoms with Crippen molar-refractivity contribution in [3.8, 4) is 0 Å². The number of hydrogen-bond acceptors (Lipinski definition) is 1. The standard InChI is InChI=1S/C16H13ClN2/c1-19-11-12(15-4-2-3-5-16(15)19)10-18-14-8-6-13(17)7-9-14/h2-11H,1H3. The average molecular weight is 269 g/mol. The minimum absolute atomic E-state index is 0.726. The minimum atomic E-state index is 0.726. The van der Waals surface area contributed by atoms with Crippen molar-refractivity contribution in [3.05, 3.63) is 65.3 Å². The van der Waals surface area contributed by atoms with Crippen LogP contribution in [-0.4, -0.2) is 10.8 Å². The van der Waals surface area contributed by atoms with Gasteiger partial charge in [0.2, 0.25) is 0 Å². The first-order valence-corrected chi connectivity index (χ1v) is 6.45. The highest BCUT2D eigenvalue weighted by Gasteiger charge is 2.02. The van der Waals surface area contributed by atoms with Crippen LogP contribution >= 0.6 is 11.6 Å². The summed E-state index contributed by atoms with van der Waals surface area (Å²) in [6.45, 7) is 0. The smallest absolute Gasteiger partial charge is 0.0630 e. The monoisotopic (exact) mass is 268 g/mol. The van der Waals surface area contributed by atoms with Gasteiger partial charge in [-0.2, -0.15) is 0 Å². The van der Waals surface area contributed by atoms with Crippen molar-refractivity contribution < 1.29 is 0 Å². The van der Waals surface area contributed by atoms with Crippen molar-refractivity contribution in [2.75, 3.05) is 0 Å². The SMILES string of the molecule is Cn1cc(C=Nc2ccc(Cl)cc2)c2ccccc21. The van der Waals surface area contributed by atoms with E-state index < -0.39 is 0 Å². The number of para-hydroxylation sites is 1. The Labute approximate surface area is 117 Å². The van der Waals surface area contributed by atoms with Crippen LogP contribution in [0.2, 0.25) is 5.02 Å². The van der Waals surface area contributed by atoms with Gasteiger partial charge in [-0.15, -0.1) is 0 Å². The van der Waals surface area contributed by atoms with E-state index in [9.17, 15) is 0 Å². The van der Waals surface area contributed by atoms with E-state index >= 15 is 0 Å². The van der Waals surface area contributed by atoms with Crippen LogP contribution in [0.5, 0.6) is 0 Å². The predicted octanol–water partition coefficient (Wildman–Crippen LogP) is 4.58. The molecule has 0 saturated carbocycles. The number of aryl methyl sites for hydroxylation is 1. The number of nitrogens with zero attached hydrogens (tertiary/aromatic N) is 2. The fourth-order valence-corrected chi connectivity index (χ4v) is 2.27. The van der Waals surface area contributed by atoms with Crippen LogP contribution in [0.4, 0.5) is 5.69 Å². The second kappa shape index (κ2) is 4.90. The van der Waals surface area contributed by atoms with E-state index in [1.165, 1.54) is 10.9 Å². The summed E-state index contributed by atoms with van der Waals surface area (Å²) in [7, 11) is 2.04. The van der Waals surface area contributed by atoms with Crippen LogP contribution in [0.25, 0.3) is 10.9 Å². The molecule has 94 valence electrons. The molecule has 0 fully saturated rings. The lowest BCUT2D eigenvalue weighted by atomic mass is 10.2. The molecule has 3 heteroatoms. The predicted molar refractivity (Wildman–Crippen MR) is 81.6 cm³/mol. The summed E-state index contributed by atoms with van der Waals surface area (Å²) in [5.41, 5.74) is 3.23. The molecule has 1 heterocycles. The van der Waals surface area contributed by atoms with E-state index in [2.05, 4.69) is 27.9 Å². The fourth-order valence-electron chi connectivity index (χ4n) is 2.15. The first-order valence-electron chi connectivity index (χ1n) is 6.08. The van der Waals surface area contributed by atoms with Crippen LogP contribution in [0.3, 0.4) is 0 Å². The number of aromatic nitrogens is 1. The summed E-state index contributed by atoms with van der Waals surface area (Å²) in [4.78, 5) is 4.48. The Morgan fingerprint density at radius 2 is 1.79 bits per heavy atom. The van der Waals surface area contributed by atoms with Gasteiger partial charge in [0.15, 0.2) is 0 Å². The van der Waals surface area contributed by atoms with Crippen LogP contribution in [0.15, 0.2) is 59.7 Å². The molecular formula is C16H13ClN2. The van der Waals surface area contributed by atoms with Crippen molar-refractivity contribution in [2.45, 2.75) is 0 Å². The van der Waals surface area contributed by atoms with Crippen molar-refractivity contribution in [2.24, 2.45) is 12.0 Å². The number of fused-ring (bicyclic) bond motifs is 1. The Morgan fingerprint density at radius 3 is 2.58 bits per heavy atom. The lowest BCUT2D eigenvalue weighted by molar-refractivity contribution is 0.968. The zero-order chi connectivity index (χ0) is 13.2. The van der Waals surface area contributed by atoms with Gasteiger partial charge in [-0.3, -0.25) is 4.99 Å². The molecule has 0 amide bonds. The fraction of sp³-hybridized carbons (Fsp3) is 0.0625. The Kier molecular flexibility index (Phi) is 3.10. The summed E-state index contributed by atoms with van der Waals surface area (Å²) < 4.78 is 2.11. The Morgan fingerprint density at radius 1 is 1.05 bits per heavy atom. The molecule has 19 heavy (non-hydrogen) atoms. The van der Waals surface area contributed by atoms with Crippen LogP contribution in [0.1, 0.15) is 5.56 Å². The molecule has 0 radical (unpaired) electrons. The van der Waals surface area contributed by atoms with Gasteiger partial charge >= 0.3 is 0 Å².